The smallest absolute Gasteiger partial charge is 0.123 e. The van der Waals surface area contributed by atoms with Gasteiger partial charge in [0.15, 0.2) is 0 Å². The molecular formula is C18H29NO2. The quantitative estimate of drug-likeness (QED) is 0.782. The van der Waals surface area contributed by atoms with Gasteiger partial charge in [0, 0.05) is 20.1 Å². The van der Waals surface area contributed by atoms with Crippen molar-refractivity contribution in [3.63, 3.8) is 0 Å². The van der Waals surface area contributed by atoms with Gasteiger partial charge in [-0.25, -0.2) is 0 Å². The highest BCUT2D eigenvalue weighted by molar-refractivity contribution is 5.37. The zero-order chi connectivity index (χ0) is 15.3. The van der Waals surface area contributed by atoms with E-state index in [2.05, 4.69) is 50.4 Å². The summed E-state index contributed by atoms with van der Waals surface area (Å²) in [5.74, 6) is 1.66. The van der Waals surface area contributed by atoms with Crippen molar-refractivity contribution in [3.05, 3.63) is 29.8 Å². The van der Waals surface area contributed by atoms with Crippen LogP contribution in [0.15, 0.2) is 24.3 Å². The molecule has 118 valence electrons. The molecule has 0 saturated carbocycles. The lowest BCUT2D eigenvalue weighted by Gasteiger charge is -2.32. The van der Waals surface area contributed by atoms with E-state index >= 15 is 0 Å². The van der Waals surface area contributed by atoms with E-state index in [1.165, 1.54) is 5.56 Å². The number of rotatable bonds is 7. The second-order valence-corrected chi connectivity index (χ2v) is 7.05. The predicted molar refractivity (Wildman–Crippen MR) is 86.9 cm³/mol. The summed E-state index contributed by atoms with van der Waals surface area (Å²) in [7, 11) is 1.74. The van der Waals surface area contributed by atoms with Crippen LogP contribution in [0.1, 0.15) is 32.8 Å². The molecule has 1 aliphatic heterocycles. The summed E-state index contributed by atoms with van der Waals surface area (Å²) < 4.78 is 11.2. The van der Waals surface area contributed by atoms with Crippen LogP contribution < -0.4 is 10.1 Å². The van der Waals surface area contributed by atoms with Crippen molar-refractivity contribution in [2.24, 2.45) is 11.3 Å². The Morgan fingerprint density at radius 1 is 1.33 bits per heavy atom. The lowest BCUT2D eigenvalue weighted by molar-refractivity contribution is 0.130. The van der Waals surface area contributed by atoms with E-state index in [0.717, 1.165) is 38.3 Å². The standard InChI is InChI=1S/C18H29NO2/c1-18(2,3)15(13-19-9-10-20-4)12-16-11-14-7-5-6-8-17(14)21-16/h5-8,15-16,19H,9-13H2,1-4H3. The van der Waals surface area contributed by atoms with Crippen LogP contribution in [-0.4, -0.2) is 32.9 Å². The molecule has 1 aromatic carbocycles. The average molecular weight is 291 g/mol. The molecule has 3 heteroatoms. The van der Waals surface area contributed by atoms with Crippen LogP contribution in [0.4, 0.5) is 0 Å². The Balaban J connectivity index is 1.88. The number of ether oxygens (including phenoxy) is 2. The molecule has 1 N–H and O–H groups in total. The number of hydrogen-bond donors (Lipinski definition) is 1. The molecule has 1 aromatic rings. The van der Waals surface area contributed by atoms with Crippen LogP contribution in [0.25, 0.3) is 0 Å². The van der Waals surface area contributed by atoms with Gasteiger partial charge in [0.1, 0.15) is 11.9 Å². The molecule has 0 fully saturated rings. The van der Waals surface area contributed by atoms with Gasteiger partial charge in [0.05, 0.1) is 6.61 Å². The third-order valence-electron chi connectivity index (χ3n) is 4.36. The molecule has 0 bridgehead atoms. The van der Waals surface area contributed by atoms with Crippen molar-refractivity contribution in [1.29, 1.82) is 0 Å². The molecule has 3 nitrogen and oxygen atoms in total. The van der Waals surface area contributed by atoms with E-state index in [0.29, 0.717) is 12.0 Å². The first-order valence-electron chi connectivity index (χ1n) is 7.95. The Labute approximate surface area is 129 Å². The monoisotopic (exact) mass is 291 g/mol. The van der Waals surface area contributed by atoms with Crippen molar-refractivity contribution in [2.45, 2.75) is 39.7 Å². The first-order valence-corrected chi connectivity index (χ1v) is 7.95. The first kappa shape index (κ1) is 16.3. The Morgan fingerprint density at radius 3 is 2.76 bits per heavy atom. The van der Waals surface area contributed by atoms with E-state index in [-0.39, 0.29) is 5.41 Å². The van der Waals surface area contributed by atoms with Crippen molar-refractivity contribution < 1.29 is 9.47 Å². The molecule has 1 aliphatic rings. The molecule has 2 rings (SSSR count). The maximum atomic E-state index is 6.11. The number of hydrogen-bond acceptors (Lipinski definition) is 3. The van der Waals surface area contributed by atoms with E-state index < -0.39 is 0 Å². The van der Waals surface area contributed by atoms with Gasteiger partial charge in [0.2, 0.25) is 0 Å². The van der Waals surface area contributed by atoms with E-state index in [1.807, 2.05) is 0 Å². The zero-order valence-corrected chi connectivity index (χ0v) is 13.8. The molecule has 1 heterocycles. The Hall–Kier alpha value is -1.06. The van der Waals surface area contributed by atoms with Crippen LogP contribution in [0.3, 0.4) is 0 Å². The minimum Gasteiger partial charge on any atom is -0.490 e. The third kappa shape index (κ3) is 4.72. The number of methoxy groups -OCH3 is 1. The number of para-hydroxylation sites is 1. The normalized spacial score (nSPS) is 19.1. The van der Waals surface area contributed by atoms with Gasteiger partial charge in [-0.1, -0.05) is 39.0 Å². The molecule has 21 heavy (non-hydrogen) atoms. The summed E-state index contributed by atoms with van der Waals surface area (Å²) >= 11 is 0. The van der Waals surface area contributed by atoms with Gasteiger partial charge in [-0.05, 0) is 35.9 Å². The van der Waals surface area contributed by atoms with Gasteiger partial charge in [-0.2, -0.15) is 0 Å². The second-order valence-electron chi connectivity index (χ2n) is 7.05. The molecule has 2 unspecified atom stereocenters. The molecule has 0 amide bonds. The van der Waals surface area contributed by atoms with Gasteiger partial charge in [-0.15, -0.1) is 0 Å². The fourth-order valence-electron chi connectivity index (χ4n) is 2.90. The summed E-state index contributed by atoms with van der Waals surface area (Å²) in [5, 5.41) is 3.51. The molecule has 0 spiro atoms. The van der Waals surface area contributed by atoms with Crippen LogP contribution in [0.2, 0.25) is 0 Å². The Morgan fingerprint density at radius 2 is 2.10 bits per heavy atom. The lowest BCUT2D eigenvalue weighted by Crippen LogP contribution is -2.36. The number of nitrogens with one attached hydrogen (secondary N) is 1. The zero-order valence-electron chi connectivity index (χ0n) is 13.8. The van der Waals surface area contributed by atoms with Gasteiger partial charge in [-0.3, -0.25) is 0 Å². The second kappa shape index (κ2) is 7.28. The van der Waals surface area contributed by atoms with Crippen LogP contribution in [0, 0.1) is 11.3 Å². The van der Waals surface area contributed by atoms with Gasteiger partial charge < -0.3 is 14.8 Å². The number of fused-ring (bicyclic) bond motifs is 1. The lowest BCUT2D eigenvalue weighted by atomic mass is 9.77. The predicted octanol–water partition coefficient (Wildman–Crippen LogP) is 3.28. The number of benzene rings is 1. The summed E-state index contributed by atoms with van der Waals surface area (Å²) in [6.07, 6.45) is 2.45. The fraction of sp³-hybridized carbons (Fsp3) is 0.667. The maximum Gasteiger partial charge on any atom is 0.123 e. The van der Waals surface area contributed by atoms with Crippen LogP contribution >= 0.6 is 0 Å². The summed E-state index contributed by atoms with van der Waals surface area (Å²) in [5.41, 5.74) is 1.63. The molecule has 0 radical (unpaired) electrons. The van der Waals surface area contributed by atoms with Gasteiger partial charge in [0.25, 0.3) is 0 Å². The van der Waals surface area contributed by atoms with Crippen molar-refractivity contribution >= 4 is 0 Å². The summed E-state index contributed by atoms with van der Waals surface area (Å²) in [4.78, 5) is 0. The van der Waals surface area contributed by atoms with E-state index in [9.17, 15) is 0 Å². The molecule has 0 saturated heterocycles. The highest BCUT2D eigenvalue weighted by atomic mass is 16.5. The van der Waals surface area contributed by atoms with Gasteiger partial charge >= 0.3 is 0 Å². The first-order chi connectivity index (χ1) is 10.0. The highest BCUT2D eigenvalue weighted by Gasteiger charge is 2.31. The molecular weight excluding hydrogens is 262 g/mol. The van der Waals surface area contributed by atoms with E-state index in [4.69, 9.17) is 9.47 Å². The van der Waals surface area contributed by atoms with Crippen molar-refractivity contribution in [2.75, 3.05) is 26.8 Å². The summed E-state index contributed by atoms with van der Waals surface area (Å²) in [6.45, 7) is 9.65. The Bertz CT molecular complexity index is 414. The topological polar surface area (TPSA) is 30.5 Å². The highest BCUT2D eigenvalue weighted by Crippen LogP contribution is 2.35. The SMILES string of the molecule is COCCNCC(CC1Cc2ccccc2O1)C(C)(C)C. The van der Waals surface area contributed by atoms with Crippen molar-refractivity contribution in [1.82, 2.24) is 5.32 Å². The van der Waals surface area contributed by atoms with Crippen LogP contribution in [-0.2, 0) is 11.2 Å². The van der Waals surface area contributed by atoms with Crippen LogP contribution in [0.5, 0.6) is 5.75 Å². The minimum atomic E-state index is 0.276. The third-order valence-corrected chi connectivity index (χ3v) is 4.36. The fourth-order valence-corrected chi connectivity index (χ4v) is 2.90. The molecule has 0 aromatic heterocycles. The molecule has 2 atom stereocenters. The van der Waals surface area contributed by atoms with Crippen molar-refractivity contribution in [3.8, 4) is 5.75 Å². The maximum absolute atomic E-state index is 6.11. The van der Waals surface area contributed by atoms with E-state index in [1.54, 1.807) is 7.11 Å². The largest absolute Gasteiger partial charge is 0.490 e. The minimum absolute atomic E-state index is 0.276. The molecule has 0 aliphatic carbocycles. The summed E-state index contributed by atoms with van der Waals surface area (Å²) in [6, 6.07) is 8.41. The Kier molecular flexibility index (Phi) is 5.65. The average Bonchev–Trinajstić information content (AvgIpc) is 2.83.